The summed E-state index contributed by atoms with van der Waals surface area (Å²) in [6, 6.07) is 0. The normalized spacial score (nSPS) is 12.2. The molecular formula is C16H34F3IN4O. The molecule has 0 aromatic heterocycles. The number of halogens is 4. The van der Waals surface area contributed by atoms with Gasteiger partial charge in [-0.15, -0.1) is 24.0 Å². The summed E-state index contributed by atoms with van der Waals surface area (Å²) in [5.41, 5.74) is 0. The van der Waals surface area contributed by atoms with Gasteiger partial charge >= 0.3 is 6.18 Å². The Kier molecular flexibility index (Phi) is 18.5. The van der Waals surface area contributed by atoms with Crippen LogP contribution in [0.4, 0.5) is 13.2 Å². The first-order valence-electron chi connectivity index (χ1n) is 8.74. The van der Waals surface area contributed by atoms with Gasteiger partial charge in [-0.3, -0.25) is 9.89 Å². The highest BCUT2D eigenvalue weighted by atomic mass is 127. The van der Waals surface area contributed by atoms with Crippen LogP contribution in [0.3, 0.4) is 0 Å². The Morgan fingerprint density at radius 3 is 2.36 bits per heavy atom. The number of unbranched alkanes of at least 4 members (excludes halogenated alkanes) is 1. The fourth-order valence-electron chi connectivity index (χ4n) is 1.99. The van der Waals surface area contributed by atoms with E-state index >= 15 is 0 Å². The number of rotatable bonds is 13. The van der Waals surface area contributed by atoms with Crippen LogP contribution in [-0.2, 0) is 4.74 Å². The van der Waals surface area contributed by atoms with Gasteiger partial charge in [-0.1, -0.05) is 13.3 Å². The van der Waals surface area contributed by atoms with Gasteiger partial charge in [0.1, 0.15) is 0 Å². The van der Waals surface area contributed by atoms with Crippen LogP contribution >= 0.6 is 24.0 Å². The summed E-state index contributed by atoms with van der Waals surface area (Å²) in [7, 11) is 1.48. The number of guanidine groups is 1. The second-order valence-corrected chi connectivity index (χ2v) is 5.71. The molecule has 0 rings (SSSR count). The lowest BCUT2D eigenvalue weighted by Gasteiger charge is -2.18. The van der Waals surface area contributed by atoms with Crippen molar-refractivity contribution in [3.63, 3.8) is 0 Å². The van der Waals surface area contributed by atoms with E-state index in [1.807, 2.05) is 6.92 Å². The Morgan fingerprint density at radius 2 is 1.76 bits per heavy atom. The molecule has 0 aromatic rings. The predicted octanol–water partition coefficient (Wildman–Crippen LogP) is 3.25. The maximum Gasteiger partial charge on any atom is 0.401 e. The van der Waals surface area contributed by atoms with Crippen LogP contribution in [0, 0.1) is 0 Å². The van der Waals surface area contributed by atoms with Gasteiger partial charge in [0.2, 0.25) is 0 Å². The van der Waals surface area contributed by atoms with Gasteiger partial charge in [0, 0.05) is 32.8 Å². The summed E-state index contributed by atoms with van der Waals surface area (Å²) in [4.78, 5) is 5.71. The van der Waals surface area contributed by atoms with Crippen molar-refractivity contribution >= 4 is 29.9 Å². The first-order valence-corrected chi connectivity index (χ1v) is 8.74. The Hall–Kier alpha value is -0.290. The molecule has 0 aliphatic heterocycles. The van der Waals surface area contributed by atoms with Crippen LogP contribution < -0.4 is 10.6 Å². The number of aliphatic imine (C=N–C) groups is 1. The molecule has 0 aliphatic rings. The summed E-state index contributed by atoms with van der Waals surface area (Å²) in [5, 5.41) is 6.26. The van der Waals surface area contributed by atoms with E-state index in [2.05, 4.69) is 22.5 Å². The second-order valence-electron chi connectivity index (χ2n) is 5.71. The molecule has 0 aromatic carbocycles. The molecular weight excluding hydrogens is 448 g/mol. The molecule has 0 atom stereocenters. The van der Waals surface area contributed by atoms with Crippen molar-refractivity contribution in [2.75, 3.05) is 53.0 Å². The number of hydrogen-bond acceptors (Lipinski definition) is 3. The molecule has 0 unspecified atom stereocenters. The Balaban J connectivity index is 0. The SMILES string of the molecule is CCCCOCCCN=C(NCC)NCCCN(C)CC(F)(F)F.I. The zero-order valence-corrected chi connectivity index (χ0v) is 18.0. The molecule has 0 saturated carbocycles. The lowest BCUT2D eigenvalue weighted by molar-refractivity contribution is -0.143. The Bertz CT molecular complexity index is 331. The summed E-state index contributed by atoms with van der Waals surface area (Å²) in [6.07, 6.45) is -0.454. The molecule has 0 aliphatic carbocycles. The van der Waals surface area contributed by atoms with Crippen LogP contribution in [0.2, 0.25) is 0 Å². The molecule has 152 valence electrons. The monoisotopic (exact) mass is 482 g/mol. The van der Waals surface area contributed by atoms with E-state index < -0.39 is 12.7 Å². The maximum atomic E-state index is 12.2. The standard InChI is InChI=1S/C16H33F3N4O.HI/c1-4-6-12-24-13-8-10-22-15(20-5-2)21-9-7-11-23(3)14-16(17,18)19;/h4-14H2,1-3H3,(H2,20,21,22);1H. The van der Waals surface area contributed by atoms with Crippen molar-refractivity contribution in [2.45, 2.75) is 45.7 Å². The van der Waals surface area contributed by atoms with E-state index in [0.29, 0.717) is 38.6 Å². The van der Waals surface area contributed by atoms with Crippen molar-refractivity contribution in [1.82, 2.24) is 15.5 Å². The van der Waals surface area contributed by atoms with Crippen molar-refractivity contribution in [1.29, 1.82) is 0 Å². The van der Waals surface area contributed by atoms with E-state index in [4.69, 9.17) is 4.74 Å². The third-order valence-corrected chi connectivity index (χ3v) is 3.16. The van der Waals surface area contributed by atoms with Crippen LogP contribution in [0.1, 0.15) is 39.5 Å². The summed E-state index contributed by atoms with van der Waals surface area (Å²) in [6.45, 7) is 7.10. The van der Waals surface area contributed by atoms with Gasteiger partial charge in [-0.2, -0.15) is 13.2 Å². The topological polar surface area (TPSA) is 48.9 Å². The van der Waals surface area contributed by atoms with Crippen molar-refractivity contribution in [2.24, 2.45) is 4.99 Å². The highest BCUT2D eigenvalue weighted by Gasteiger charge is 2.28. The average Bonchev–Trinajstić information content (AvgIpc) is 2.48. The molecule has 0 bridgehead atoms. The summed E-state index contributed by atoms with van der Waals surface area (Å²) in [5.74, 6) is 0.699. The molecule has 0 saturated heterocycles. The van der Waals surface area contributed by atoms with Gasteiger partial charge in [0.25, 0.3) is 0 Å². The van der Waals surface area contributed by atoms with Crippen LogP contribution in [0.15, 0.2) is 4.99 Å². The molecule has 0 radical (unpaired) electrons. The highest BCUT2D eigenvalue weighted by molar-refractivity contribution is 14.0. The fraction of sp³-hybridized carbons (Fsp3) is 0.938. The molecule has 0 heterocycles. The van der Waals surface area contributed by atoms with Gasteiger partial charge in [-0.05, 0) is 39.8 Å². The van der Waals surface area contributed by atoms with Crippen molar-refractivity contribution in [3.05, 3.63) is 0 Å². The summed E-state index contributed by atoms with van der Waals surface area (Å²) < 4.78 is 42.1. The van der Waals surface area contributed by atoms with E-state index in [-0.39, 0.29) is 24.0 Å². The molecule has 5 nitrogen and oxygen atoms in total. The third kappa shape index (κ3) is 19.9. The molecule has 0 fully saturated rings. The Labute approximate surface area is 167 Å². The fourth-order valence-corrected chi connectivity index (χ4v) is 1.99. The van der Waals surface area contributed by atoms with Gasteiger partial charge < -0.3 is 15.4 Å². The van der Waals surface area contributed by atoms with E-state index in [0.717, 1.165) is 32.4 Å². The van der Waals surface area contributed by atoms with E-state index in [1.54, 1.807) is 0 Å². The first kappa shape index (κ1) is 26.9. The second kappa shape index (κ2) is 17.1. The molecule has 0 spiro atoms. The zero-order valence-electron chi connectivity index (χ0n) is 15.6. The minimum Gasteiger partial charge on any atom is -0.381 e. The van der Waals surface area contributed by atoms with Gasteiger partial charge in [-0.25, -0.2) is 0 Å². The molecule has 25 heavy (non-hydrogen) atoms. The van der Waals surface area contributed by atoms with E-state index in [9.17, 15) is 13.2 Å². The number of ether oxygens (including phenoxy) is 1. The maximum absolute atomic E-state index is 12.2. The zero-order chi connectivity index (χ0) is 18.3. The van der Waals surface area contributed by atoms with Gasteiger partial charge in [0.05, 0.1) is 6.54 Å². The molecule has 2 N–H and O–H groups in total. The number of nitrogens with one attached hydrogen (secondary N) is 2. The lowest BCUT2D eigenvalue weighted by Crippen LogP contribution is -2.39. The molecule has 0 amide bonds. The minimum absolute atomic E-state index is 0. The predicted molar refractivity (Wildman–Crippen MR) is 108 cm³/mol. The van der Waals surface area contributed by atoms with E-state index in [1.165, 1.54) is 11.9 Å². The first-order chi connectivity index (χ1) is 11.4. The van der Waals surface area contributed by atoms with Crippen molar-refractivity contribution < 1.29 is 17.9 Å². The lowest BCUT2D eigenvalue weighted by atomic mass is 10.3. The van der Waals surface area contributed by atoms with Crippen LogP contribution in [0.25, 0.3) is 0 Å². The number of hydrogen-bond donors (Lipinski definition) is 2. The quantitative estimate of drug-likeness (QED) is 0.183. The summed E-state index contributed by atoms with van der Waals surface area (Å²) >= 11 is 0. The highest BCUT2D eigenvalue weighted by Crippen LogP contribution is 2.15. The van der Waals surface area contributed by atoms with Crippen LogP contribution in [-0.4, -0.2) is 70.0 Å². The number of nitrogens with zero attached hydrogens (tertiary/aromatic N) is 2. The third-order valence-electron chi connectivity index (χ3n) is 3.16. The smallest absolute Gasteiger partial charge is 0.381 e. The Morgan fingerprint density at radius 1 is 1.08 bits per heavy atom. The van der Waals surface area contributed by atoms with Crippen LogP contribution in [0.5, 0.6) is 0 Å². The largest absolute Gasteiger partial charge is 0.401 e. The van der Waals surface area contributed by atoms with Crippen molar-refractivity contribution in [3.8, 4) is 0 Å². The minimum atomic E-state index is -4.14. The molecule has 9 heteroatoms. The van der Waals surface area contributed by atoms with Gasteiger partial charge in [0.15, 0.2) is 5.96 Å². The average molecular weight is 482 g/mol. The number of alkyl halides is 3.